The predicted molar refractivity (Wildman–Crippen MR) is 65.7 cm³/mol. The standard InChI is InChI=1S/C12H20N2S/c1-2-10-9-13-12(15)14(10)11-7-5-3-4-6-8-11/h9,11H,2-8H2,1H3,(H,13,15). The van der Waals surface area contributed by atoms with Crippen LogP contribution in [0.4, 0.5) is 0 Å². The van der Waals surface area contributed by atoms with E-state index in [0.29, 0.717) is 6.04 Å². The number of rotatable bonds is 2. The maximum atomic E-state index is 5.37. The third kappa shape index (κ3) is 2.33. The average Bonchev–Trinajstić information content (AvgIpc) is 2.48. The lowest BCUT2D eigenvalue weighted by Gasteiger charge is -2.18. The van der Waals surface area contributed by atoms with Crippen molar-refractivity contribution in [1.29, 1.82) is 0 Å². The quantitative estimate of drug-likeness (QED) is 0.595. The number of hydrogen-bond donors (Lipinski definition) is 1. The number of H-pyrrole nitrogens is 1. The fourth-order valence-corrected chi connectivity index (χ4v) is 2.93. The molecular formula is C12H20N2S. The number of imidazole rings is 1. The number of aromatic nitrogens is 2. The Hall–Kier alpha value is -0.570. The van der Waals surface area contributed by atoms with Crippen molar-refractivity contribution in [2.75, 3.05) is 0 Å². The number of nitrogens with one attached hydrogen (secondary N) is 1. The molecule has 3 heteroatoms. The van der Waals surface area contributed by atoms with E-state index in [0.717, 1.165) is 11.2 Å². The van der Waals surface area contributed by atoms with Crippen molar-refractivity contribution in [3.8, 4) is 0 Å². The van der Waals surface area contributed by atoms with Gasteiger partial charge in [-0.2, -0.15) is 0 Å². The molecule has 0 spiro atoms. The molecule has 1 heterocycles. The molecule has 0 saturated heterocycles. The fraction of sp³-hybridized carbons (Fsp3) is 0.750. The molecule has 0 radical (unpaired) electrons. The second-order valence-electron chi connectivity index (χ2n) is 4.45. The summed E-state index contributed by atoms with van der Waals surface area (Å²) in [7, 11) is 0. The molecule has 2 nitrogen and oxygen atoms in total. The molecule has 1 saturated carbocycles. The molecular weight excluding hydrogens is 204 g/mol. The Balaban J connectivity index is 2.25. The lowest BCUT2D eigenvalue weighted by Crippen LogP contribution is -2.11. The number of aryl methyl sites for hydroxylation is 1. The van der Waals surface area contributed by atoms with Gasteiger partial charge in [0.25, 0.3) is 0 Å². The van der Waals surface area contributed by atoms with Crippen LogP contribution in [0.1, 0.15) is 57.2 Å². The Bertz CT molecular complexity index is 356. The summed E-state index contributed by atoms with van der Waals surface area (Å²) in [6, 6.07) is 0.654. The molecule has 0 atom stereocenters. The van der Waals surface area contributed by atoms with Crippen molar-refractivity contribution in [1.82, 2.24) is 9.55 Å². The molecule has 0 aromatic carbocycles. The minimum atomic E-state index is 0.654. The van der Waals surface area contributed by atoms with E-state index >= 15 is 0 Å². The molecule has 84 valence electrons. The van der Waals surface area contributed by atoms with Crippen molar-refractivity contribution >= 4 is 12.2 Å². The summed E-state index contributed by atoms with van der Waals surface area (Å²) in [6.07, 6.45) is 11.3. The molecule has 1 aromatic heterocycles. The Morgan fingerprint density at radius 1 is 1.33 bits per heavy atom. The topological polar surface area (TPSA) is 20.7 Å². The molecule has 1 aliphatic rings. The summed E-state index contributed by atoms with van der Waals surface area (Å²) < 4.78 is 3.28. The molecule has 0 bridgehead atoms. The van der Waals surface area contributed by atoms with Crippen LogP contribution in [0.5, 0.6) is 0 Å². The zero-order valence-corrected chi connectivity index (χ0v) is 10.3. The van der Waals surface area contributed by atoms with Gasteiger partial charge in [0.2, 0.25) is 0 Å². The van der Waals surface area contributed by atoms with Gasteiger partial charge < -0.3 is 9.55 Å². The van der Waals surface area contributed by atoms with Gasteiger partial charge >= 0.3 is 0 Å². The van der Waals surface area contributed by atoms with Gasteiger partial charge in [0.1, 0.15) is 0 Å². The van der Waals surface area contributed by atoms with Crippen LogP contribution >= 0.6 is 12.2 Å². The number of aromatic amines is 1. The molecule has 1 fully saturated rings. The first kappa shape index (κ1) is 10.9. The second kappa shape index (κ2) is 4.97. The van der Waals surface area contributed by atoms with Crippen molar-refractivity contribution in [2.45, 2.75) is 57.9 Å². The normalized spacial score (nSPS) is 19.0. The third-order valence-electron chi connectivity index (χ3n) is 3.44. The summed E-state index contributed by atoms with van der Waals surface area (Å²) in [4.78, 5) is 3.18. The van der Waals surface area contributed by atoms with Gasteiger partial charge in [0.05, 0.1) is 0 Å². The van der Waals surface area contributed by atoms with E-state index in [4.69, 9.17) is 12.2 Å². The van der Waals surface area contributed by atoms with E-state index in [9.17, 15) is 0 Å². The lowest BCUT2D eigenvalue weighted by molar-refractivity contribution is 0.429. The highest BCUT2D eigenvalue weighted by molar-refractivity contribution is 7.71. The van der Waals surface area contributed by atoms with E-state index in [1.807, 2.05) is 0 Å². The van der Waals surface area contributed by atoms with Crippen LogP contribution in [-0.4, -0.2) is 9.55 Å². The Morgan fingerprint density at radius 2 is 2.00 bits per heavy atom. The highest BCUT2D eigenvalue weighted by atomic mass is 32.1. The molecule has 1 aromatic rings. The molecule has 1 aliphatic carbocycles. The van der Waals surface area contributed by atoms with Crippen LogP contribution in [0.25, 0.3) is 0 Å². The minimum absolute atomic E-state index is 0.654. The Morgan fingerprint density at radius 3 is 2.60 bits per heavy atom. The van der Waals surface area contributed by atoms with E-state index < -0.39 is 0 Å². The van der Waals surface area contributed by atoms with Crippen LogP contribution in [0.3, 0.4) is 0 Å². The largest absolute Gasteiger partial charge is 0.337 e. The molecule has 15 heavy (non-hydrogen) atoms. The zero-order valence-electron chi connectivity index (χ0n) is 9.46. The van der Waals surface area contributed by atoms with Crippen LogP contribution in [0.15, 0.2) is 6.20 Å². The van der Waals surface area contributed by atoms with E-state index in [-0.39, 0.29) is 0 Å². The van der Waals surface area contributed by atoms with Crippen LogP contribution < -0.4 is 0 Å². The third-order valence-corrected chi connectivity index (χ3v) is 3.76. The SMILES string of the molecule is CCc1c[nH]c(=S)n1C1CCCCCC1. The van der Waals surface area contributed by atoms with Gasteiger partial charge in [-0.05, 0) is 31.5 Å². The first-order chi connectivity index (χ1) is 7.33. The van der Waals surface area contributed by atoms with Crippen molar-refractivity contribution in [2.24, 2.45) is 0 Å². The maximum absolute atomic E-state index is 5.37. The fourth-order valence-electron chi connectivity index (χ4n) is 2.60. The molecule has 1 N–H and O–H groups in total. The van der Waals surface area contributed by atoms with Crippen LogP contribution in [0, 0.1) is 4.77 Å². The van der Waals surface area contributed by atoms with Gasteiger partial charge in [-0.25, -0.2) is 0 Å². The van der Waals surface area contributed by atoms with Gasteiger partial charge in [-0.3, -0.25) is 0 Å². The first-order valence-electron chi connectivity index (χ1n) is 6.11. The van der Waals surface area contributed by atoms with Gasteiger partial charge in [-0.1, -0.05) is 32.6 Å². The van der Waals surface area contributed by atoms with E-state index in [2.05, 4.69) is 22.7 Å². The van der Waals surface area contributed by atoms with Crippen molar-refractivity contribution < 1.29 is 0 Å². The first-order valence-corrected chi connectivity index (χ1v) is 6.52. The van der Waals surface area contributed by atoms with Crippen LogP contribution in [0.2, 0.25) is 0 Å². The zero-order chi connectivity index (χ0) is 10.7. The highest BCUT2D eigenvalue weighted by Gasteiger charge is 2.16. The smallest absolute Gasteiger partial charge is 0.177 e. The molecule has 0 amide bonds. The summed E-state index contributed by atoms with van der Waals surface area (Å²) in [5.74, 6) is 0. The minimum Gasteiger partial charge on any atom is -0.337 e. The summed E-state index contributed by atoms with van der Waals surface area (Å²) in [5, 5.41) is 0. The van der Waals surface area contributed by atoms with E-state index in [1.54, 1.807) is 0 Å². The molecule has 0 unspecified atom stereocenters. The van der Waals surface area contributed by atoms with Crippen LogP contribution in [-0.2, 0) is 6.42 Å². The second-order valence-corrected chi connectivity index (χ2v) is 4.84. The Kier molecular flexibility index (Phi) is 3.62. The maximum Gasteiger partial charge on any atom is 0.177 e. The van der Waals surface area contributed by atoms with Gasteiger partial charge in [0.15, 0.2) is 4.77 Å². The molecule has 2 rings (SSSR count). The monoisotopic (exact) mass is 224 g/mol. The van der Waals surface area contributed by atoms with Crippen molar-refractivity contribution in [3.05, 3.63) is 16.7 Å². The van der Waals surface area contributed by atoms with Crippen molar-refractivity contribution in [3.63, 3.8) is 0 Å². The average molecular weight is 224 g/mol. The number of nitrogens with zero attached hydrogens (tertiary/aromatic N) is 1. The summed E-state index contributed by atoms with van der Waals surface area (Å²) >= 11 is 5.37. The lowest BCUT2D eigenvalue weighted by atomic mass is 10.1. The highest BCUT2D eigenvalue weighted by Crippen LogP contribution is 2.28. The molecule has 0 aliphatic heterocycles. The van der Waals surface area contributed by atoms with Gasteiger partial charge in [-0.15, -0.1) is 0 Å². The number of hydrogen-bond acceptors (Lipinski definition) is 1. The van der Waals surface area contributed by atoms with E-state index in [1.165, 1.54) is 44.2 Å². The van der Waals surface area contributed by atoms with Gasteiger partial charge in [0, 0.05) is 17.9 Å². The Labute approximate surface area is 96.7 Å². The predicted octanol–water partition coefficient (Wildman–Crippen LogP) is 4.00. The summed E-state index contributed by atoms with van der Waals surface area (Å²) in [5.41, 5.74) is 1.37. The summed E-state index contributed by atoms with van der Waals surface area (Å²) in [6.45, 7) is 2.20.